The van der Waals surface area contributed by atoms with Gasteiger partial charge in [-0.15, -0.1) is 17.9 Å². The Bertz CT molecular complexity index is 346. The van der Waals surface area contributed by atoms with Crippen molar-refractivity contribution in [2.24, 2.45) is 5.73 Å². The molecule has 1 amide bonds. The summed E-state index contributed by atoms with van der Waals surface area (Å²) in [5.41, 5.74) is 5.76. The van der Waals surface area contributed by atoms with Crippen LogP contribution in [-0.2, 0) is 6.54 Å². The SMILES string of the molecule is C=CCC(C)NCc1cc(C(N)=O)cs1. The van der Waals surface area contributed by atoms with Crippen LogP contribution >= 0.6 is 11.3 Å². The predicted molar refractivity (Wildman–Crippen MR) is 64.0 cm³/mol. The molecular weight excluding hydrogens is 208 g/mol. The number of hydrogen-bond donors (Lipinski definition) is 2. The maximum Gasteiger partial charge on any atom is 0.249 e. The summed E-state index contributed by atoms with van der Waals surface area (Å²) in [7, 11) is 0. The quantitative estimate of drug-likeness (QED) is 0.725. The fraction of sp³-hybridized carbons (Fsp3) is 0.364. The number of primary amides is 1. The molecule has 0 aliphatic rings. The molecule has 0 bridgehead atoms. The van der Waals surface area contributed by atoms with Crippen LogP contribution in [0.1, 0.15) is 28.6 Å². The minimum absolute atomic E-state index is 0.364. The largest absolute Gasteiger partial charge is 0.366 e. The van der Waals surface area contributed by atoms with Crippen LogP contribution in [-0.4, -0.2) is 11.9 Å². The van der Waals surface area contributed by atoms with Gasteiger partial charge in [0.1, 0.15) is 0 Å². The molecule has 1 aromatic rings. The van der Waals surface area contributed by atoms with E-state index in [0.29, 0.717) is 11.6 Å². The second kappa shape index (κ2) is 5.68. The topological polar surface area (TPSA) is 55.1 Å². The Morgan fingerprint density at radius 3 is 3.07 bits per heavy atom. The molecule has 15 heavy (non-hydrogen) atoms. The first-order valence-electron chi connectivity index (χ1n) is 4.85. The monoisotopic (exact) mass is 224 g/mol. The van der Waals surface area contributed by atoms with Crippen LogP contribution < -0.4 is 11.1 Å². The number of amides is 1. The molecule has 1 rings (SSSR count). The van der Waals surface area contributed by atoms with Crippen molar-refractivity contribution in [3.63, 3.8) is 0 Å². The van der Waals surface area contributed by atoms with Gasteiger partial charge in [0.05, 0.1) is 5.56 Å². The maximum atomic E-state index is 10.9. The van der Waals surface area contributed by atoms with Crippen LogP contribution in [0.3, 0.4) is 0 Å². The molecule has 4 heteroatoms. The van der Waals surface area contributed by atoms with Crippen molar-refractivity contribution in [3.05, 3.63) is 34.5 Å². The predicted octanol–water partition coefficient (Wildman–Crippen LogP) is 1.90. The lowest BCUT2D eigenvalue weighted by Crippen LogP contribution is -2.24. The van der Waals surface area contributed by atoms with Gasteiger partial charge in [0.2, 0.25) is 5.91 Å². The highest BCUT2D eigenvalue weighted by atomic mass is 32.1. The van der Waals surface area contributed by atoms with E-state index >= 15 is 0 Å². The number of hydrogen-bond acceptors (Lipinski definition) is 3. The van der Waals surface area contributed by atoms with E-state index in [2.05, 4.69) is 18.8 Å². The van der Waals surface area contributed by atoms with Gasteiger partial charge in [-0.1, -0.05) is 6.08 Å². The Labute approximate surface area is 94.0 Å². The average molecular weight is 224 g/mol. The van der Waals surface area contributed by atoms with E-state index in [1.165, 1.54) is 0 Å². The number of carbonyl (C=O) groups is 1. The lowest BCUT2D eigenvalue weighted by Gasteiger charge is -2.09. The number of nitrogens with two attached hydrogens (primary N) is 1. The Morgan fingerprint density at radius 1 is 1.80 bits per heavy atom. The lowest BCUT2D eigenvalue weighted by molar-refractivity contribution is 0.100. The number of rotatable bonds is 6. The molecule has 0 fully saturated rings. The summed E-state index contributed by atoms with van der Waals surface area (Å²) in [5, 5.41) is 5.13. The number of thiophene rings is 1. The Balaban J connectivity index is 2.44. The van der Waals surface area contributed by atoms with Crippen LogP contribution in [0.4, 0.5) is 0 Å². The van der Waals surface area contributed by atoms with Crippen molar-refractivity contribution in [2.45, 2.75) is 25.9 Å². The third-order valence-electron chi connectivity index (χ3n) is 2.08. The zero-order valence-electron chi connectivity index (χ0n) is 8.82. The Kier molecular flexibility index (Phi) is 4.52. The molecular formula is C11H16N2OS. The van der Waals surface area contributed by atoms with Gasteiger partial charge < -0.3 is 11.1 Å². The third kappa shape index (κ3) is 3.85. The highest BCUT2D eigenvalue weighted by Crippen LogP contribution is 2.14. The van der Waals surface area contributed by atoms with E-state index in [9.17, 15) is 4.79 Å². The highest BCUT2D eigenvalue weighted by molar-refractivity contribution is 7.10. The summed E-state index contributed by atoms with van der Waals surface area (Å²) in [6, 6.07) is 2.24. The molecule has 0 spiro atoms. The van der Waals surface area contributed by atoms with E-state index in [4.69, 9.17) is 5.73 Å². The second-order valence-corrected chi connectivity index (χ2v) is 4.47. The molecule has 0 saturated heterocycles. The van der Waals surface area contributed by atoms with E-state index in [1.807, 2.05) is 12.1 Å². The van der Waals surface area contributed by atoms with Gasteiger partial charge in [0.15, 0.2) is 0 Å². The standard InChI is InChI=1S/C11H16N2OS/c1-3-4-8(2)13-6-10-5-9(7-15-10)11(12)14/h3,5,7-8,13H,1,4,6H2,2H3,(H2,12,14). The lowest BCUT2D eigenvalue weighted by atomic mass is 10.2. The van der Waals surface area contributed by atoms with Crippen molar-refractivity contribution >= 4 is 17.2 Å². The summed E-state index contributed by atoms with van der Waals surface area (Å²) in [5.74, 6) is -0.364. The van der Waals surface area contributed by atoms with Gasteiger partial charge >= 0.3 is 0 Å². The van der Waals surface area contributed by atoms with Gasteiger partial charge in [-0.2, -0.15) is 0 Å². The summed E-state index contributed by atoms with van der Waals surface area (Å²) < 4.78 is 0. The number of nitrogens with one attached hydrogen (secondary N) is 1. The first-order valence-corrected chi connectivity index (χ1v) is 5.73. The molecule has 1 unspecified atom stereocenters. The van der Waals surface area contributed by atoms with Crippen molar-refractivity contribution < 1.29 is 4.79 Å². The molecule has 1 aromatic heterocycles. The van der Waals surface area contributed by atoms with Crippen LogP contribution in [0.5, 0.6) is 0 Å². The zero-order chi connectivity index (χ0) is 11.3. The first-order chi connectivity index (χ1) is 7.13. The molecule has 0 radical (unpaired) electrons. The van der Waals surface area contributed by atoms with Crippen LogP contribution in [0.25, 0.3) is 0 Å². The summed E-state index contributed by atoms with van der Waals surface area (Å²) in [6.07, 6.45) is 2.83. The molecule has 3 N–H and O–H groups in total. The minimum atomic E-state index is -0.364. The van der Waals surface area contributed by atoms with E-state index in [-0.39, 0.29) is 5.91 Å². The van der Waals surface area contributed by atoms with Crippen LogP contribution in [0.15, 0.2) is 24.1 Å². The molecule has 82 valence electrons. The van der Waals surface area contributed by atoms with E-state index in [1.54, 1.807) is 16.7 Å². The van der Waals surface area contributed by atoms with Crippen LogP contribution in [0, 0.1) is 0 Å². The fourth-order valence-electron chi connectivity index (χ4n) is 1.21. The van der Waals surface area contributed by atoms with Gasteiger partial charge in [-0.3, -0.25) is 4.79 Å². The fourth-order valence-corrected chi connectivity index (χ4v) is 2.03. The molecule has 0 aliphatic heterocycles. The van der Waals surface area contributed by atoms with Crippen molar-refractivity contribution in [1.82, 2.24) is 5.32 Å². The Morgan fingerprint density at radius 2 is 2.53 bits per heavy atom. The van der Waals surface area contributed by atoms with Crippen molar-refractivity contribution in [1.29, 1.82) is 0 Å². The second-order valence-electron chi connectivity index (χ2n) is 3.47. The molecule has 1 heterocycles. The average Bonchev–Trinajstić information content (AvgIpc) is 2.63. The normalized spacial score (nSPS) is 12.3. The summed E-state index contributed by atoms with van der Waals surface area (Å²) in [6.45, 7) is 6.56. The van der Waals surface area contributed by atoms with Gasteiger partial charge in [-0.25, -0.2) is 0 Å². The van der Waals surface area contributed by atoms with Gasteiger partial charge in [0, 0.05) is 22.8 Å². The Hall–Kier alpha value is -1.13. The van der Waals surface area contributed by atoms with Crippen LogP contribution in [0.2, 0.25) is 0 Å². The molecule has 0 aromatic carbocycles. The smallest absolute Gasteiger partial charge is 0.249 e. The summed E-state index contributed by atoms with van der Waals surface area (Å²) >= 11 is 1.55. The van der Waals surface area contributed by atoms with Crippen molar-refractivity contribution in [2.75, 3.05) is 0 Å². The maximum absolute atomic E-state index is 10.9. The van der Waals surface area contributed by atoms with E-state index < -0.39 is 0 Å². The molecule has 1 atom stereocenters. The molecule has 3 nitrogen and oxygen atoms in total. The van der Waals surface area contributed by atoms with Gasteiger partial charge in [-0.05, 0) is 19.4 Å². The first kappa shape index (κ1) is 11.9. The highest BCUT2D eigenvalue weighted by Gasteiger charge is 2.05. The van der Waals surface area contributed by atoms with Gasteiger partial charge in [0.25, 0.3) is 0 Å². The number of carbonyl (C=O) groups excluding carboxylic acids is 1. The summed E-state index contributed by atoms with van der Waals surface area (Å²) in [4.78, 5) is 12.0. The van der Waals surface area contributed by atoms with Crippen molar-refractivity contribution in [3.8, 4) is 0 Å². The zero-order valence-corrected chi connectivity index (χ0v) is 9.64. The third-order valence-corrected chi connectivity index (χ3v) is 3.02. The minimum Gasteiger partial charge on any atom is -0.366 e. The molecule has 0 aliphatic carbocycles. The molecule has 0 saturated carbocycles. The van der Waals surface area contributed by atoms with E-state index in [0.717, 1.165) is 17.8 Å².